The molecule has 0 spiro atoms. The number of rotatable bonds is 3. The van der Waals surface area contributed by atoms with Crippen LogP contribution >= 0.6 is 0 Å². The first kappa shape index (κ1) is 16.1. The summed E-state index contributed by atoms with van der Waals surface area (Å²) >= 11 is 0. The van der Waals surface area contributed by atoms with Crippen LogP contribution in [0.3, 0.4) is 0 Å². The molecular formula is C22H23NO2. The Balaban J connectivity index is 1.73. The molecule has 1 fully saturated rings. The molecule has 0 amide bonds. The molecule has 128 valence electrons. The molecule has 0 unspecified atom stereocenters. The predicted molar refractivity (Wildman–Crippen MR) is 101 cm³/mol. The Bertz CT molecular complexity index is 959. The second-order valence-electron chi connectivity index (χ2n) is 7.01. The molecule has 25 heavy (non-hydrogen) atoms. The molecule has 2 aromatic carbocycles. The van der Waals surface area contributed by atoms with Crippen LogP contribution in [0.25, 0.3) is 11.0 Å². The Morgan fingerprint density at radius 1 is 1.12 bits per heavy atom. The van der Waals surface area contributed by atoms with E-state index in [0.29, 0.717) is 6.04 Å². The van der Waals surface area contributed by atoms with E-state index in [1.165, 1.54) is 18.4 Å². The Hall–Kier alpha value is -2.39. The summed E-state index contributed by atoms with van der Waals surface area (Å²) in [6, 6.07) is 17.0. The van der Waals surface area contributed by atoms with E-state index in [-0.39, 0.29) is 5.63 Å². The average molecular weight is 333 g/mol. The highest BCUT2D eigenvalue weighted by atomic mass is 16.4. The molecule has 0 saturated carbocycles. The van der Waals surface area contributed by atoms with Crippen LogP contribution in [0.15, 0.2) is 57.7 Å². The van der Waals surface area contributed by atoms with Crippen molar-refractivity contribution < 1.29 is 4.42 Å². The van der Waals surface area contributed by atoms with E-state index >= 15 is 0 Å². The normalized spacial score (nSPS) is 18.1. The summed E-state index contributed by atoms with van der Waals surface area (Å²) in [6.45, 7) is 5.91. The van der Waals surface area contributed by atoms with Crippen LogP contribution in [0.2, 0.25) is 0 Å². The smallest absolute Gasteiger partial charge is 0.336 e. The highest BCUT2D eigenvalue weighted by molar-refractivity contribution is 5.83. The third-order valence-electron chi connectivity index (χ3n) is 5.44. The third kappa shape index (κ3) is 3.00. The zero-order valence-electron chi connectivity index (χ0n) is 14.8. The van der Waals surface area contributed by atoms with Crippen molar-refractivity contribution in [2.75, 3.05) is 6.54 Å². The molecule has 0 radical (unpaired) electrons. The number of aryl methyl sites for hydroxylation is 2. The minimum Gasteiger partial charge on any atom is -0.422 e. The standard InChI is InChI=1S/C22H23NO2/c1-15-10-11-19-18(13-21(24)25-22(19)16(15)2)14-23-12-6-9-20(23)17-7-4-3-5-8-17/h3-5,7-8,10-11,13,20H,6,9,12,14H2,1-2H3/t20-/m0/s1. The van der Waals surface area contributed by atoms with Crippen molar-refractivity contribution in [1.29, 1.82) is 0 Å². The van der Waals surface area contributed by atoms with Gasteiger partial charge in [-0.15, -0.1) is 0 Å². The predicted octanol–water partition coefficient (Wildman–Crippen LogP) is 4.75. The van der Waals surface area contributed by atoms with E-state index in [0.717, 1.165) is 40.7 Å². The Labute approximate surface area is 147 Å². The van der Waals surface area contributed by atoms with E-state index in [1.807, 2.05) is 13.8 Å². The van der Waals surface area contributed by atoms with Crippen molar-refractivity contribution in [3.05, 3.63) is 81.2 Å². The van der Waals surface area contributed by atoms with Gasteiger partial charge in [-0.25, -0.2) is 4.79 Å². The van der Waals surface area contributed by atoms with Crippen LogP contribution in [-0.2, 0) is 6.54 Å². The fourth-order valence-electron chi connectivity index (χ4n) is 3.94. The van der Waals surface area contributed by atoms with Gasteiger partial charge in [0, 0.05) is 24.0 Å². The molecule has 2 heterocycles. The molecule has 3 heteroatoms. The van der Waals surface area contributed by atoms with Gasteiger partial charge in [0.15, 0.2) is 0 Å². The molecular weight excluding hydrogens is 310 g/mol. The number of nitrogens with zero attached hydrogens (tertiary/aromatic N) is 1. The first-order chi connectivity index (χ1) is 12.1. The van der Waals surface area contributed by atoms with Crippen LogP contribution in [0.4, 0.5) is 0 Å². The van der Waals surface area contributed by atoms with Crippen molar-refractivity contribution >= 4 is 11.0 Å². The minimum atomic E-state index is -0.258. The molecule has 4 rings (SSSR count). The van der Waals surface area contributed by atoms with Crippen LogP contribution < -0.4 is 5.63 Å². The fraction of sp³-hybridized carbons (Fsp3) is 0.318. The van der Waals surface area contributed by atoms with Gasteiger partial charge in [-0.3, -0.25) is 4.90 Å². The lowest BCUT2D eigenvalue weighted by Crippen LogP contribution is -2.23. The van der Waals surface area contributed by atoms with Gasteiger partial charge in [-0.1, -0.05) is 42.5 Å². The van der Waals surface area contributed by atoms with Crippen LogP contribution in [-0.4, -0.2) is 11.4 Å². The summed E-state index contributed by atoms with van der Waals surface area (Å²) in [5.41, 5.74) is 5.11. The summed E-state index contributed by atoms with van der Waals surface area (Å²) in [5, 5.41) is 1.06. The average Bonchev–Trinajstić information content (AvgIpc) is 3.07. The number of likely N-dealkylation sites (tertiary alicyclic amines) is 1. The second-order valence-corrected chi connectivity index (χ2v) is 7.01. The number of hydrogen-bond donors (Lipinski definition) is 0. The maximum atomic E-state index is 12.1. The van der Waals surface area contributed by atoms with E-state index in [2.05, 4.69) is 47.4 Å². The Morgan fingerprint density at radius 2 is 1.92 bits per heavy atom. The molecule has 0 bridgehead atoms. The van der Waals surface area contributed by atoms with E-state index in [1.54, 1.807) is 6.07 Å². The Kier molecular flexibility index (Phi) is 4.18. The topological polar surface area (TPSA) is 33.5 Å². The molecule has 3 nitrogen and oxygen atoms in total. The summed E-state index contributed by atoms with van der Waals surface area (Å²) < 4.78 is 5.52. The van der Waals surface area contributed by atoms with E-state index in [4.69, 9.17) is 4.42 Å². The molecule has 3 aromatic rings. The zero-order valence-corrected chi connectivity index (χ0v) is 14.8. The molecule has 1 aromatic heterocycles. The maximum absolute atomic E-state index is 12.1. The Morgan fingerprint density at radius 3 is 2.72 bits per heavy atom. The van der Waals surface area contributed by atoms with E-state index < -0.39 is 0 Å². The first-order valence-electron chi connectivity index (χ1n) is 8.95. The third-order valence-corrected chi connectivity index (χ3v) is 5.44. The van der Waals surface area contributed by atoms with Gasteiger partial charge in [-0.05, 0) is 55.5 Å². The van der Waals surface area contributed by atoms with Gasteiger partial charge in [0.1, 0.15) is 5.58 Å². The van der Waals surface area contributed by atoms with Crippen LogP contribution in [0, 0.1) is 13.8 Å². The largest absolute Gasteiger partial charge is 0.422 e. The van der Waals surface area contributed by atoms with Crippen molar-refractivity contribution in [3.8, 4) is 0 Å². The zero-order chi connectivity index (χ0) is 17.4. The fourth-order valence-corrected chi connectivity index (χ4v) is 3.94. The van der Waals surface area contributed by atoms with Gasteiger partial charge in [0.25, 0.3) is 0 Å². The second kappa shape index (κ2) is 6.49. The summed E-state index contributed by atoms with van der Waals surface area (Å²) in [6.07, 6.45) is 2.36. The van der Waals surface area contributed by atoms with Gasteiger partial charge in [0.2, 0.25) is 0 Å². The number of fused-ring (bicyclic) bond motifs is 1. The van der Waals surface area contributed by atoms with Crippen molar-refractivity contribution in [2.45, 2.75) is 39.3 Å². The van der Waals surface area contributed by atoms with Gasteiger partial charge in [0.05, 0.1) is 0 Å². The summed E-state index contributed by atoms with van der Waals surface area (Å²) in [5.74, 6) is 0. The summed E-state index contributed by atoms with van der Waals surface area (Å²) in [4.78, 5) is 14.6. The molecule has 1 saturated heterocycles. The van der Waals surface area contributed by atoms with Crippen molar-refractivity contribution in [3.63, 3.8) is 0 Å². The first-order valence-corrected chi connectivity index (χ1v) is 8.95. The van der Waals surface area contributed by atoms with E-state index in [9.17, 15) is 4.79 Å². The lowest BCUT2D eigenvalue weighted by atomic mass is 10.0. The molecule has 1 aliphatic rings. The van der Waals surface area contributed by atoms with Crippen molar-refractivity contribution in [1.82, 2.24) is 4.90 Å². The van der Waals surface area contributed by atoms with Gasteiger partial charge >= 0.3 is 5.63 Å². The highest BCUT2D eigenvalue weighted by Gasteiger charge is 2.26. The number of benzene rings is 2. The van der Waals surface area contributed by atoms with Crippen LogP contribution in [0.1, 0.15) is 41.1 Å². The SMILES string of the molecule is Cc1ccc2c(CN3CCC[C@H]3c3ccccc3)cc(=O)oc2c1C. The maximum Gasteiger partial charge on any atom is 0.336 e. The lowest BCUT2D eigenvalue weighted by Gasteiger charge is -2.25. The lowest BCUT2D eigenvalue weighted by molar-refractivity contribution is 0.249. The van der Waals surface area contributed by atoms with Crippen LogP contribution in [0.5, 0.6) is 0 Å². The molecule has 0 aliphatic carbocycles. The molecule has 0 N–H and O–H groups in total. The number of hydrogen-bond acceptors (Lipinski definition) is 3. The molecule has 1 atom stereocenters. The molecule has 1 aliphatic heterocycles. The summed E-state index contributed by atoms with van der Waals surface area (Å²) in [7, 11) is 0. The minimum absolute atomic E-state index is 0.258. The monoisotopic (exact) mass is 333 g/mol. The van der Waals surface area contributed by atoms with Gasteiger partial charge in [-0.2, -0.15) is 0 Å². The van der Waals surface area contributed by atoms with Crippen molar-refractivity contribution in [2.24, 2.45) is 0 Å². The quantitative estimate of drug-likeness (QED) is 0.649. The van der Waals surface area contributed by atoms with Gasteiger partial charge < -0.3 is 4.42 Å². The highest BCUT2D eigenvalue weighted by Crippen LogP contribution is 2.34.